The van der Waals surface area contributed by atoms with Crippen LogP contribution < -0.4 is 5.73 Å². The lowest BCUT2D eigenvalue weighted by Crippen LogP contribution is -2.31. The molecule has 5 heteroatoms. The fourth-order valence-electron chi connectivity index (χ4n) is 0.829. The molecule has 86 valence electrons. The summed E-state index contributed by atoms with van der Waals surface area (Å²) in [6.45, 7) is 6.51. The SMILES string of the molecule is C=C/C=C\C(C)(/C=C\C(C)N)S(=O)(=O)O. The van der Waals surface area contributed by atoms with Crippen LogP contribution in [-0.2, 0) is 10.1 Å². The molecule has 2 unspecified atom stereocenters. The fourth-order valence-corrected chi connectivity index (χ4v) is 1.33. The van der Waals surface area contributed by atoms with E-state index in [0.717, 1.165) is 0 Å². The van der Waals surface area contributed by atoms with Crippen molar-refractivity contribution in [2.45, 2.75) is 24.6 Å². The van der Waals surface area contributed by atoms with Gasteiger partial charge in [-0.3, -0.25) is 4.55 Å². The first-order valence-corrected chi connectivity index (χ1v) is 5.89. The molecule has 0 aromatic rings. The lowest BCUT2D eigenvalue weighted by atomic mass is 10.1. The van der Waals surface area contributed by atoms with Gasteiger partial charge in [-0.15, -0.1) is 0 Å². The van der Waals surface area contributed by atoms with E-state index in [2.05, 4.69) is 6.58 Å². The van der Waals surface area contributed by atoms with E-state index in [1.807, 2.05) is 0 Å². The Morgan fingerprint density at radius 1 is 1.47 bits per heavy atom. The zero-order valence-electron chi connectivity index (χ0n) is 8.92. The Morgan fingerprint density at radius 3 is 2.33 bits per heavy atom. The van der Waals surface area contributed by atoms with Gasteiger partial charge in [-0.05, 0) is 13.8 Å². The Bertz CT molecular complexity index is 368. The van der Waals surface area contributed by atoms with Gasteiger partial charge in [-0.2, -0.15) is 8.42 Å². The van der Waals surface area contributed by atoms with Crippen molar-refractivity contribution in [3.05, 3.63) is 37.0 Å². The van der Waals surface area contributed by atoms with Crippen molar-refractivity contribution in [2.75, 3.05) is 0 Å². The Kier molecular flexibility index (Phi) is 4.93. The number of hydrogen-bond donors (Lipinski definition) is 2. The molecule has 2 atom stereocenters. The first kappa shape index (κ1) is 14.1. The van der Waals surface area contributed by atoms with Gasteiger partial charge in [0.25, 0.3) is 10.1 Å². The summed E-state index contributed by atoms with van der Waals surface area (Å²) < 4.78 is 29.9. The Balaban J connectivity index is 5.23. The molecular weight excluding hydrogens is 214 g/mol. The van der Waals surface area contributed by atoms with Crippen LogP contribution in [0.2, 0.25) is 0 Å². The molecule has 0 bridgehead atoms. The Labute approximate surface area is 90.9 Å². The van der Waals surface area contributed by atoms with Crippen LogP contribution >= 0.6 is 0 Å². The van der Waals surface area contributed by atoms with Crippen LogP contribution in [-0.4, -0.2) is 23.8 Å². The molecule has 0 aromatic carbocycles. The molecule has 3 N–H and O–H groups in total. The highest BCUT2D eigenvalue weighted by Crippen LogP contribution is 2.19. The van der Waals surface area contributed by atoms with Crippen LogP contribution in [0.15, 0.2) is 37.0 Å². The quantitative estimate of drug-likeness (QED) is 0.424. The number of allylic oxidation sites excluding steroid dienone is 2. The first-order valence-electron chi connectivity index (χ1n) is 4.45. The molecule has 0 aliphatic heterocycles. The summed E-state index contributed by atoms with van der Waals surface area (Å²) in [5.74, 6) is 0. The Hall–Kier alpha value is -0.910. The molecule has 0 radical (unpaired) electrons. The van der Waals surface area contributed by atoms with Crippen LogP contribution in [0.1, 0.15) is 13.8 Å². The van der Waals surface area contributed by atoms with Crippen LogP contribution in [0.3, 0.4) is 0 Å². The average Bonchev–Trinajstić information content (AvgIpc) is 2.09. The summed E-state index contributed by atoms with van der Waals surface area (Å²) in [7, 11) is -4.21. The normalized spacial score (nSPS) is 19.2. The molecule has 0 fully saturated rings. The molecule has 0 saturated carbocycles. The van der Waals surface area contributed by atoms with Gasteiger partial charge >= 0.3 is 0 Å². The van der Waals surface area contributed by atoms with Crippen molar-refractivity contribution in [3.63, 3.8) is 0 Å². The predicted molar refractivity (Wildman–Crippen MR) is 62.1 cm³/mol. The lowest BCUT2D eigenvalue weighted by Gasteiger charge is -2.18. The molecule has 0 aromatic heterocycles. The van der Waals surface area contributed by atoms with Gasteiger partial charge in [0.15, 0.2) is 0 Å². The summed E-state index contributed by atoms with van der Waals surface area (Å²) in [5, 5.41) is 0. The van der Waals surface area contributed by atoms with Crippen LogP contribution in [0, 0.1) is 0 Å². The third-order valence-corrected chi connectivity index (χ3v) is 3.23. The molecule has 0 aliphatic rings. The topological polar surface area (TPSA) is 80.4 Å². The highest BCUT2D eigenvalue weighted by atomic mass is 32.2. The minimum atomic E-state index is -4.21. The molecule has 0 aliphatic carbocycles. The number of nitrogens with two attached hydrogens (primary N) is 1. The maximum Gasteiger partial charge on any atom is 0.277 e. The summed E-state index contributed by atoms with van der Waals surface area (Å²) >= 11 is 0. The third kappa shape index (κ3) is 4.42. The molecule has 0 spiro atoms. The van der Waals surface area contributed by atoms with E-state index in [-0.39, 0.29) is 6.04 Å². The highest BCUT2D eigenvalue weighted by Gasteiger charge is 2.32. The molecule has 0 heterocycles. The smallest absolute Gasteiger partial charge is 0.277 e. The van der Waals surface area contributed by atoms with Crippen molar-refractivity contribution in [3.8, 4) is 0 Å². The van der Waals surface area contributed by atoms with Gasteiger partial charge in [-0.1, -0.05) is 37.0 Å². The largest absolute Gasteiger partial charge is 0.325 e. The van der Waals surface area contributed by atoms with Crippen molar-refractivity contribution < 1.29 is 13.0 Å². The first-order chi connectivity index (χ1) is 6.73. The van der Waals surface area contributed by atoms with Gasteiger partial charge in [0.1, 0.15) is 4.75 Å². The van der Waals surface area contributed by atoms with Crippen molar-refractivity contribution in [1.82, 2.24) is 0 Å². The second kappa shape index (κ2) is 5.25. The van der Waals surface area contributed by atoms with Crippen molar-refractivity contribution in [2.24, 2.45) is 5.73 Å². The molecule has 0 rings (SSSR count). The highest BCUT2D eigenvalue weighted by molar-refractivity contribution is 7.87. The molecule has 0 amide bonds. The number of rotatable bonds is 5. The van der Waals surface area contributed by atoms with Gasteiger partial charge in [-0.25, -0.2) is 0 Å². The van der Waals surface area contributed by atoms with Gasteiger partial charge in [0.2, 0.25) is 0 Å². The van der Waals surface area contributed by atoms with E-state index < -0.39 is 14.9 Å². The van der Waals surface area contributed by atoms with Crippen molar-refractivity contribution >= 4 is 10.1 Å². The van der Waals surface area contributed by atoms with E-state index in [9.17, 15) is 8.42 Å². The van der Waals surface area contributed by atoms with Crippen LogP contribution in [0.25, 0.3) is 0 Å². The third-order valence-electron chi connectivity index (χ3n) is 1.85. The van der Waals surface area contributed by atoms with Crippen molar-refractivity contribution in [1.29, 1.82) is 0 Å². The second-order valence-corrected chi connectivity index (χ2v) is 5.30. The summed E-state index contributed by atoms with van der Waals surface area (Å²) in [6, 6.07) is -0.275. The van der Waals surface area contributed by atoms with E-state index in [1.165, 1.54) is 37.3 Å². The van der Waals surface area contributed by atoms with E-state index in [4.69, 9.17) is 10.3 Å². The van der Waals surface area contributed by atoms with E-state index in [0.29, 0.717) is 0 Å². The fraction of sp³-hybridized carbons (Fsp3) is 0.400. The molecule has 0 saturated heterocycles. The maximum absolute atomic E-state index is 11.1. The minimum absolute atomic E-state index is 0.275. The molecular formula is C10H17NO3S. The van der Waals surface area contributed by atoms with E-state index >= 15 is 0 Å². The zero-order valence-corrected chi connectivity index (χ0v) is 9.74. The number of hydrogen-bond acceptors (Lipinski definition) is 3. The van der Waals surface area contributed by atoms with Gasteiger partial charge in [0, 0.05) is 6.04 Å². The average molecular weight is 231 g/mol. The summed E-state index contributed by atoms with van der Waals surface area (Å²) in [6.07, 6.45) is 7.10. The maximum atomic E-state index is 11.1. The monoisotopic (exact) mass is 231 g/mol. The van der Waals surface area contributed by atoms with Crippen LogP contribution in [0.4, 0.5) is 0 Å². The van der Waals surface area contributed by atoms with Gasteiger partial charge < -0.3 is 5.73 Å². The molecule has 15 heavy (non-hydrogen) atoms. The second-order valence-electron chi connectivity index (χ2n) is 3.47. The molecule has 4 nitrogen and oxygen atoms in total. The Morgan fingerprint density at radius 2 is 2.00 bits per heavy atom. The summed E-state index contributed by atoms with van der Waals surface area (Å²) in [4.78, 5) is 0. The standard InChI is InChI=1S/C10H17NO3S/c1-4-5-7-10(3,15(12,13)14)8-6-9(2)11/h4-9H,1,11H2,2-3H3,(H,12,13,14)/b7-5-,8-6-. The van der Waals surface area contributed by atoms with Crippen LogP contribution in [0.5, 0.6) is 0 Å². The van der Waals surface area contributed by atoms with E-state index in [1.54, 1.807) is 6.92 Å². The minimum Gasteiger partial charge on any atom is -0.325 e. The predicted octanol–water partition coefficient (Wildman–Crippen LogP) is 1.28. The zero-order chi connectivity index (χ0) is 12.1. The van der Waals surface area contributed by atoms with Gasteiger partial charge in [0.05, 0.1) is 0 Å². The lowest BCUT2D eigenvalue weighted by molar-refractivity contribution is 0.466. The summed E-state index contributed by atoms with van der Waals surface area (Å²) in [5.41, 5.74) is 5.46.